The largest absolute Gasteiger partial charge is 0.343 e. The minimum absolute atomic E-state index is 0.0334. The first kappa shape index (κ1) is 25.4. The quantitative estimate of drug-likeness (QED) is 0.371. The van der Waals surface area contributed by atoms with Crippen molar-refractivity contribution >= 4 is 29.0 Å². The van der Waals surface area contributed by atoms with E-state index in [0.29, 0.717) is 31.7 Å². The van der Waals surface area contributed by atoms with Crippen molar-refractivity contribution in [2.75, 3.05) is 31.5 Å². The van der Waals surface area contributed by atoms with Crippen molar-refractivity contribution < 1.29 is 9.59 Å². The predicted molar refractivity (Wildman–Crippen MR) is 149 cm³/mol. The third-order valence-electron chi connectivity index (χ3n) is 7.16. The van der Waals surface area contributed by atoms with E-state index >= 15 is 0 Å². The lowest BCUT2D eigenvalue weighted by Gasteiger charge is -2.34. The lowest BCUT2D eigenvalue weighted by Crippen LogP contribution is -2.46. The topological polar surface area (TPSA) is 82.8 Å². The van der Waals surface area contributed by atoms with Crippen molar-refractivity contribution in [3.8, 4) is 11.3 Å². The molecule has 1 N–H and O–H groups in total. The summed E-state index contributed by atoms with van der Waals surface area (Å²) in [6, 6.07) is 21.5. The van der Waals surface area contributed by atoms with E-state index in [1.165, 1.54) is 0 Å². The number of hydrogen-bond donors (Lipinski definition) is 1. The van der Waals surface area contributed by atoms with Crippen molar-refractivity contribution in [1.29, 1.82) is 0 Å². The SMILES string of the molecule is CCN(CC)C(=O)C1CCCN(C(=O)c2ccc(Nc3cc(-c4ccccc4)nc4cc(C)nn34)cc2)C1. The summed E-state index contributed by atoms with van der Waals surface area (Å²) in [5.74, 6) is 0.780. The molecule has 1 fully saturated rings. The molecule has 3 heterocycles. The fourth-order valence-corrected chi connectivity index (χ4v) is 5.12. The molecule has 5 rings (SSSR count). The van der Waals surface area contributed by atoms with Crippen LogP contribution in [0, 0.1) is 12.8 Å². The van der Waals surface area contributed by atoms with Crippen molar-refractivity contribution in [2.45, 2.75) is 33.6 Å². The molecule has 1 saturated heterocycles. The Morgan fingerprint density at radius 1 is 1.03 bits per heavy atom. The molecule has 0 radical (unpaired) electrons. The van der Waals surface area contributed by atoms with Gasteiger partial charge in [-0.25, -0.2) is 4.98 Å². The molecule has 1 aliphatic heterocycles. The van der Waals surface area contributed by atoms with Gasteiger partial charge in [0.15, 0.2) is 5.65 Å². The van der Waals surface area contributed by atoms with Gasteiger partial charge in [0.05, 0.1) is 17.3 Å². The van der Waals surface area contributed by atoms with Gasteiger partial charge >= 0.3 is 0 Å². The number of aromatic nitrogens is 3. The minimum Gasteiger partial charge on any atom is -0.343 e. The number of likely N-dealkylation sites (tertiary alicyclic amines) is 1. The number of carbonyl (C=O) groups is 2. The lowest BCUT2D eigenvalue weighted by molar-refractivity contribution is -0.136. The van der Waals surface area contributed by atoms with E-state index in [9.17, 15) is 9.59 Å². The smallest absolute Gasteiger partial charge is 0.253 e. The van der Waals surface area contributed by atoms with Crippen molar-refractivity contribution in [1.82, 2.24) is 24.4 Å². The number of anilines is 2. The van der Waals surface area contributed by atoms with Gasteiger partial charge in [-0.15, -0.1) is 0 Å². The van der Waals surface area contributed by atoms with Crippen LogP contribution in [0.25, 0.3) is 16.9 Å². The molecule has 0 bridgehead atoms. The molecule has 1 aliphatic rings. The Morgan fingerprint density at radius 2 is 1.76 bits per heavy atom. The van der Waals surface area contributed by atoms with Gasteiger partial charge in [-0.2, -0.15) is 9.61 Å². The highest BCUT2D eigenvalue weighted by molar-refractivity contribution is 5.95. The Hall–Kier alpha value is -4.20. The molecule has 196 valence electrons. The van der Waals surface area contributed by atoms with Gasteiger partial charge in [0, 0.05) is 55.1 Å². The van der Waals surface area contributed by atoms with E-state index in [4.69, 9.17) is 4.98 Å². The zero-order chi connectivity index (χ0) is 26.6. The van der Waals surface area contributed by atoms with E-state index in [1.807, 2.05) is 97.3 Å². The number of aryl methyl sites for hydroxylation is 1. The van der Waals surface area contributed by atoms with E-state index in [0.717, 1.165) is 46.9 Å². The fourth-order valence-electron chi connectivity index (χ4n) is 5.12. The maximum atomic E-state index is 13.3. The highest BCUT2D eigenvalue weighted by Gasteiger charge is 2.30. The highest BCUT2D eigenvalue weighted by Crippen LogP contribution is 2.26. The van der Waals surface area contributed by atoms with Crippen LogP contribution in [0.1, 0.15) is 42.7 Å². The van der Waals surface area contributed by atoms with Crippen molar-refractivity contribution in [3.05, 3.63) is 78.0 Å². The van der Waals surface area contributed by atoms with Crippen LogP contribution in [-0.2, 0) is 4.79 Å². The second-order valence-corrected chi connectivity index (χ2v) is 9.75. The van der Waals surface area contributed by atoms with E-state index < -0.39 is 0 Å². The summed E-state index contributed by atoms with van der Waals surface area (Å²) in [6.07, 6.45) is 1.67. The summed E-state index contributed by atoms with van der Waals surface area (Å²) in [6.45, 7) is 8.49. The van der Waals surface area contributed by atoms with Crippen LogP contribution in [0.5, 0.6) is 0 Å². The minimum atomic E-state index is -0.126. The predicted octanol–water partition coefficient (Wildman–Crippen LogP) is 5.17. The molecule has 2 aromatic heterocycles. The third-order valence-corrected chi connectivity index (χ3v) is 7.16. The molecule has 1 atom stereocenters. The van der Waals surface area contributed by atoms with Gasteiger partial charge in [-0.05, 0) is 57.9 Å². The summed E-state index contributed by atoms with van der Waals surface area (Å²) in [5, 5.41) is 8.05. The second kappa shape index (κ2) is 11.0. The van der Waals surface area contributed by atoms with Crippen LogP contribution < -0.4 is 5.32 Å². The average Bonchev–Trinajstić information content (AvgIpc) is 3.34. The zero-order valence-corrected chi connectivity index (χ0v) is 22.2. The number of benzene rings is 2. The Morgan fingerprint density at radius 3 is 2.47 bits per heavy atom. The Bertz CT molecular complexity index is 1430. The number of carbonyl (C=O) groups excluding carboxylic acids is 2. The van der Waals surface area contributed by atoms with Gasteiger partial charge in [0.2, 0.25) is 5.91 Å². The van der Waals surface area contributed by atoms with Gasteiger partial charge in [-0.1, -0.05) is 30.3 Å². The van der Waals surface area contributed by atoms with Crippen molar-refractivity contribution in [2.24, 2.45) is 5.92 Å². The van der Waals surface area contributed by atoms with Crippen LogP contribution >= 0.6 is 0 Å². The van der Waals surface area contributed by atoms with E-state index in [2.05, 4.69) is 10.4 Å². The molecular formula is C30H34N6O2. The van der Waals surface area contributed by atoms with Crippen LogP contribution in [0.4, 0.5) is 11.5 Å². The molecule has 2 aromatic carbocycles. The summed E-state index contributed by atoms with van der Waals surface area (Å²) >= 11 is 0. The summed E-state index contributed by atoms with van der Waals surface area (Å²) in [7, 11) is 0. The van der Waals surface area contributed by atoms with Crippen LogP contribution in [0.15, 0.2) is 66.7 Å². The number of nitrogens with one attached hydrogen (secondary N) is 1. The number of hydrogen-bond acceptors (Lipinski definition) is 5. The van der Waals surface area contributed by atoms with Crippen LogP contribution in [0.3, 0.4) is 0 Å². The monoisotopic (exact) mass is 510 g/mol. The molecule has 0 aliphatic carbocycles. The zero-order valence-electron chi connectivity index (χ0n) is 22.2. The lowest BCUT2D eigenvalue weighted by atomic mass is 9.95. The molecule has 1 unspecified atom stereocenters. The molecular weight excluding hydrogens is 476 g/mol. The van der Waals surface area contributed by atoms with Crippen molar-refractivity contribution in [3.63, 3.8) is 0 Å². The van der Waals surface area contributed by atoms with Crippen LogP contribution in [0.2, 0.25) is 0 Å². The van der Waals surface area contributed by atoms with Gasteiger partial charge in [0.25, 0.3) is 5.91 Å². The standard InChI is InChI=1S/C30H34N6O2/c1-4-34(5-2)30(38)24-12-9-17-35(20-24)29(37)23-13-15-25(16-14-23)31-28-19-26(22-10-7-6-8-11-22)32-27-18-21(3)33-36(27)28/h6-8,10-11,13-16,18-19,24,31H,4-5,9,12,17,20H2,1-3H3. The Kier molecular flexibility index (Phi) is 7.40. The number of rotatable bonds is 7. The molecule has 8 heteroatoms. The average molecular weight is 511 g/mol. The molecule has 8 nitrogen and oxygen atoms in total. The molecule has 2 amide bonds. The molecule has 0 saturated carbocycles. The Labute approximate surface area is 223 Å². The number of fused-ring (bicyclic) bond motifs is 1. The van der Waals surface area contributed by atoms with Crippen LogP contribution in [-0.4, -0.2) is 62.4 Å². The number of amides is 2. The first-order valence-electron chi connectivity index (χ1n) is 13.3. The van der Waals surface area contributed by atoms with Gasteiger partial charge < -0.3 is 15.1 Å². The third kappa shape index (κ3) is 5.25. The second-order valence-electron chi connectivity index (χ2n) is 9.75. The summed E-state index contributed by atoms with van der Waals surface area (Å²) in [4.78, 5) is 34.6. The number of nitrogens with zero attached hydrogens (tertiary/aromatic N) is 5. The summed E-state index contributed by atoms with van der Waals surface area (Å²) in [5.41, 5.74) is 4.98. The fraction of sp³-hybridized carbons (Fsp3) is 0.333. The molecule has 4 aromatic rings. The normalized spacial score (nSPS) is 15.4. The van der Waals surface area contributed by atoms with E-state index in [-0.39, 0.29) is 17.7 Å². The van der Waals surface area contributed by atoms with Gasteiger partial charge in [-0.3, -0.25) is 9.59 Å². The number of piperidine rings is 1. The molecule has 0 spiro atoms. The summed E-state index contributed by atoms with van der Waals surface area (Å²) < 4.78 is 1.79. The first-order chi connectivity index (χ1) is 18.5. The first-order valence-corrected chi connectivity index (χ1v) is 13.3. The maximum absolute atomic E-state index is 13.3. The Balaban J connectivity index is 1.33. The van der Waals surface area contributed by atoms with Gasteiger partial charge in [0.1, 0.15) is 5.82 Å². The van der Waals surface area contributed by atoms with E-state index in [1.54, 1.807) is 4.52 Å². The highest BCUT2D eigenvalue weighted by atomic mass is 16.2. The maximum Gasteiger partial charge on any atom is 0.253 e. The molecule has 38 heavy (non-hydrogen) atoms.